The van der Waals surface area contributed by atoms with Gasteiger partial charge in [-0.25, -0.2) is 9.52 Å². The lowest BCUT2D eigenvalue weighted by Crippen LogP contribution is -2.47. The summed E-state index contributed by atoms with van der Waals surface area (Å²) in [6, 6.07) is 11.1. The monoisotopic (exact) mass is 692 g/mol. The number of rotatable bonds is 8. The number of carbonyl (C=O) groups is 3. The molecule has 3 aromatic rings. The van der Waals surface area contributed by atoms with Crippen LogP contribution in [0.3, 0.4) is 0 Å². The molecule has 1 saturated heterocycles. The van der Waals surface area contributed by atoms with E-state index in [1.165, 1.54) is 26.1 Å². The molecule has 2 atom stereocenters. The molecule has 2 fully saturated rings. The highest BCUT2D eigenvalue weighted by atomic mass is 32.2. The van der Waals surface area contributed by atoms with Gasteiger partial charge in [-0.05, 0) is 80.0 Å². The normalized spacial score (nSPS) is 19.7. The van der Waals surface area contributed by atoms with E-state index in [-0.39, 0.29) is 29.6 Å². The Kier molecular flexibility index (Phi) is 9.95. The maximum absolute atomic E-state index is 13.8. The number of nitrogens with zero attached hydrogens (tertiary/aromatic N) is 4. The Morgan fingerprint density at radius 3 is 2.43 bits per heavy atom. The summed E-state index contributed by atoms with van der Waals surface area (Å²) in [4.78, 5) is 42.9. The van der Waals surface area contributed by atoms with Gasteiger partial charge in [-0.3, -0.25) is 9.59 Å². The minimum Gasteiger partial charge on any atom is -0.497 e. The predicted octanol–water partition coefficient (Wildman–Crippen LogP) is 4.48. The van der Waals surface area contributed by atoms with Gasteiger partial charge in [0.1, 0.15) is 5.75 Å². The maximum Gasteiger partial charge on any atom is 0.317 e. The minimum absolute atomic E-state index is 0.00806. The van der Waals surface area contributed by atoms with E-state index < -0.39 is 16.1 Å². The zero-order chi connectivity index (χ0) is 35.0. The van der Waals surface area contributed by atoms with Crippen molar-refractivity contribution in [2.45, 2.75) is 83.3 Å². The van der Waals surface area contributed by atoms with Crippen molar-refractivity contribution in [3.63, 3.8) is 0 Å². The number of benzene rings is 2. The van der Waals surface area contributed by atoms with Crippen molar-refractivity contribution in [2.24, 2.45) is 0 Å². The van der Waals surface area contributed by atoms with E-state index in [2.05, 4.69) is 26.7 Å². The largest absolute Gasteiger partial charge is 0.497 e. The van der Waals surface area contributed by atoms with Crippen molar-refractivity contribution in [1.82, 2.24) is 28.7 Å². The molecule has 12 nitrogen and oxygen atoms in total. The quantitative estimate of drug-likeness (QED) is 0.358. The molecule has 1 saturated carbocycles. The molecule has 2 N–H and O–H groups in total. The number of amides is 4. The van der Waals surface area contributed by atoms with Crippen LogP contribution in [0.4, 0.5) is 4.79 Å². The smallest absolute Gasteiger partial charge is 0.317 e. The molecule has 0 bridgehead atoms. The fourth-order valence-electron chi connectivity index (χ4n) is 8.00. The second-order valence-electron chi connectivity index (χ2n) is 13.7. The number of urea groups is 1. The first-order valence-corrected chi connectivity index (χ1v) is 18.8. The van der Waals surface area contributed by atoms with Gasteiger partial charge in [-0.1, -0.05) is 25.3 Å². The van der Waals surface area contributed by atoms with Gasteiger partial charge >= 0.3 is 16.2 Å². The van der Waals surface area contributed by atoms with E-state index >= 15 is 0 Å². The van der Waals surface area contributed by atoms with Crippen LogP contribution in [0.15, 0.2) is 36.4 Å². The number of carbonyl (C=O) groups excluding carboxylic acids is 3. The van der Waals surface area contributed by atoms with Crippen LogP contribution >= 0.6 is 0 Å². The number of likely N-dealkylation sites (N-methyl/N-ethyl adjacent to an activating group) is 1. The summed E-state index contributed by atoms with van der Waals surface area (Å²) < 4.78 is 36.1. The Labute approximate surface area is 288 Å². The Morgan fingerprint density at radius 2 is 1.76 bits per heavy atom. The molecule has 13 heteroatoms. The highest BCUT2D eigenvalue weighted by Crippen LogP contribution is 2.46. The van der Waals surface area contributed by atoms with Crippen LogP contribution in [0.2, 0.25) is 0 Å². The molecular weight excluding hydrogens is 644 g/mol. The molecule has 0 radical (unpaired) electrons. The van der Waals surface area contributed by atoms with Gasteiger partial charge in [0.25, 0.3) is 5.91 Å². The van der Waals surface area contributed by atoms with E-state index in [9.17, 15) is 22.8 Å². The number of nitrogens with one attached hydrogen (secondary N) is 2. The van der Waals surface area contributed by atoms with Crippen LogP contribution in [0.25, 0.3) is 22.2 Å². The van der Waals surface area contributed by atoms with Crippen LogP contribution in [-0.4, -0.2) is 97.9 Å². The van der Waals surface area contributed by atoms with E-state index in [1.807, 2.05) is 24.0 Å². The van der Waals surface area contributed by atoms with Crippen molar-refractivity contribution >= 4 is 39.0 Å². The molecule has 4 amide bonds. The molecule has 1 aromatic heterocycles. The third-order valence-electron chi connectivity index (χ3n) is 10.5. The zero-order valence-electron chi connectivity index (χ0n) is 29.1. The summed E-state index contributed by atoms with van der Waals surface area (Å²) >= 11 is 0. The zero-order valence-corrected chi connectivity index (χ0v) is 29.9. The van der Waals surface area contributed by atoms with E-state index in [0.717, 1.165) is 69.9 Å². The Hall–Kier alpha value is -4.10. The molecule has 0 spiro atoms. The Bertz CT molecular complexity index is 1860. The fourth-order valence-corrected chi connectivity index (χ4v) is 8.53. The van der Waals surface area contributed by atoms with Gasteiger partial charge in [0.15, 0.2) is 0 Å². The number of hydrogen-bond donors (Lipinski definition) is 2. The summed E-state index contributed by atoms with van der Waals surface area (Å²) in [6.07, 6.45) is 6.92. The number of likely N-dealkylation sites (tertiary alicyclic amines) is 1. The van der Waals surface area contributed by atoms with Gasteiger partial charge in [-0.2, -0.15) is 12.7 Å². The summed E-state index contributed by atoms with van der Waals surface area (Å²) in [5, 5.41) is 4.36. The standard InChI is InChI=1S/C36H48N6O6S/c1-6-41(23(2)43)28-16-17-40(22-28)36(45)37-27-18-26-19-29(48-5)13-15-30(26)34-33(24-10-8-7-9-11-24)31-14-12-25(20-32(31)42(34)21-27)35(44)38-49(46,47)39(3)4/h12-15,19-20,24,27-28H,6-11,16-18,21-22H2,1-5H3,(H,37,45)(H,38,44). The summed E-state index contributed by atoms with van der Waals surface area (Å²) in [7, 11) is 0.402. The molecular formula is C36H48N6O6S. The molecule has 49 heavy (non-hydrogen) atoms. The first-order chi connectivity index (χ1) is 23.4. The number of hydrogen-bond acceptors (Lipinski definition) is 6. The van der Waals surface area contributed by atoms with Crippen molar-refractivity contribution in [3.05, 3.63) is 53.1 Å². The second kappa shape index (κ2) is 14.0. The lowest BCUT2D eigenvalue weighted by Gasteiger charge is -2.27. The van der Waals surface area contributed by atoms with E-state index in [4.69, 9.17) is 4.74 Å². The fraction of sp³-hybridized carbons (Fsp3) is 0.528. The summed E-state index contributed by atoms with van der Waals surface area (Å²) in [5.41, 5.74) is 5.52. The van der Waals surface area contributed by atoms with Crippen LogP contribution in [-0.2, 0) is 28.0 Å². The average Bonchev–Trinajstić information content (AvgIpc) is 3.64. The molecule has 6 rings (SSSR count). The molecule has 1 aliphatic carbocycles. The van der Waals surface area contributed by atoms with Crippen LogP contribution in [0.5, 0.6) is 5.75 Å². The highest BCUT2D eigenvalue weighted by Gasteiger charge is 2.35. The molecule has 3 heterocycles. The van der Waals surface area contributed by atoms with E-state index in [0.29, 0.717) is 38.5 Å². The maximum atomic E-state index is 13.8. The molecule has 2 unspecified atom stereocenters. The lowest BCUT2D eigenvalue weighted by molar-refractivity contribution is -0.130. The van der Waals surface area contributed by atoms with Gasteiger partial charge in [0.05, 0.1) is 24.9 Å². The average molecular weight is 693 g/mol. The third-order valence-corrected chi connectivity index (χ3v) is 11.9. The Balaban J connectivity index is 1.43. The van der Waals surface area contributed by atoms with Crippen LogP contribution in [0, 0.1) is 0 Å². The van der Waals surface area contributed by atoms with Gasteiger partial charge in [0.2, 0.25) is 5.91 Å². The van der Waals surface area contributed by atoms with Gasteiger partial charge in [-0.15, -0.1) is 0 Å². The number of methoxy groups -OCH3 is 1. The van der Waals surface area contributed by atoms with Gasteiger partial charge in [0, 0.05) is 69.2 Å². The first kappa shape index (κ1) is 34.8. The number of aromatic nitrogens is 1. The van der Waals surface area contributed by atoms with Crippen molar-refractivity contribution in [2.75, 3.05) is 40.8 Å². The van der Waals surface area contributed by atoms with Gasteiger partial charge < -0.3 is 24.4 Å². The topological polar surface area (TPSA) is 133 Å². The number of fused-ring (bicyclic) bond motifs is 5. The number of ether oxygens (including phenoxy) is 1. The van der Waals surface area contributed by atoms with E-state index in [1.54, 1.807) is 31.1 Å². The van der Waals surface area contributed by atoms with Crippen molar-refractivity contribution in [3.8, 4) is 17.0 Å². The predicted molar refractivity (Wildman–Crippen MR) is 189 cm³/mol. The third kappa shape index (κ3) is 6.87. The summed E-state index contributed by atoms with van der Waals surface area (Å²) in [6.45, 7) is 5.63. The molecule has 264 valence electrons. The van der Waals surface area contributed by atoms with Crippen molar-refractivity contribution in [1.29, 1.82) is 0 Å². The second-order valence-corrected chi connectivity index (χ2v) is 15.6. The Morgan fingerprint density at radius 1 is 1.00 bits per heavy atom. The summed E-state index contributed by atoms with van der Waals surface area (Å²) in [5.74, 6) is 0.369. The molecule has 2 aromatic carbocycles. The minimum atomic E-state index is -3.99. The SMILES string of the molecule is CCN(C(C)=O)C1CCN(C(=O)NC2Cc3cc(OC)ccc3-c3c(C4CCCCC4)c4ccc(C(=O)NS(=O)(=O)N(C)C)cc4n3C2)C1. The van der Waals surface area contributed by atoms with Crippen LogP contribution < -0.4 is 14.8 Å². The van der Waals surface area contributed by atoms with Crippen LogP contribution in [0.1, 0.15) is 79.8 Å². The molecule has 2 aliphatic heterocycles. The van der Waals surface area contributed by atoms with Crippen molar-refractivity contribution < 1.29 is 27.5 Å². The molecule has 3 aliphatic rings. The first-order valence-electron chi connectivity index (χ1n) is 17.3. The lowest BCUT2D eigenvalue weighted by atomic mass is 9.81. The highest BCUT2D eigenvalue weighted by molar-refractivity contribution is 7.87.